The second kappa shape index (κ2) is 6.09. The van der Waals surface area contributed by atoms with Gasteiger partial charge in [0, 0.05) is 16.7 Å². The number of hydrogen-bond donors (Lipinski definition) is 2. The quantitative estimate of drug-likeness (QED) is 0.901. The summed E-state index contributed by atoms with van der Waals surface area (Å²) in [6, 6.07) is 5.69. The Kier molecular flexibility index (Phi) is 4.44. The van der Waals surface area contributed by atoms with Crippen molar-refractivity contribution in [3.8, 4) is 5.75 Å². The molecule has 5 nitrogen and oxygen atoms in total. The summed E-state index contributed by atoms with van der Waals surface area (Å²) < 4.78 is 6.10. The number of H-pyrrole nitrogens is 1. The third kappa shape index (κ3) is 3.39. The molecule has 1 amide bonds. The van der Waals surface area contributed by atoms with Crippen LogP contribution in [0, 0.1) is 13.8 Å². The molecule has 0 atom stereocenters. The molecule has 0 spiro atoms. The van der Waals surface area contributed by atoms with Crippen molar-refractivity contribution in [2.45, 2.75) is 20.4 Å². The minimum absolute atomic E-state index is 0.189. The molecule has 0 radical (unpaired) electrons. The SMILES string of the molecule is COc1cc(Br)cc(CNC(=O)c2nc(C)[nH]c2C)c1. The Morgan fingerprint density at radius 2 is 2.15 bits per heavy atom. The average molecular weight is 338 g/mol. The number of methoxy groups -OCH3 is 1. The highest BCUT2D eigenvalue weighted by molar-refractivity contribution is 9.10. The van der Waals surface area contributed by atoms with E-state index in [-0.39, 0.29) is 5.91 Å². The molecule has 0 aliphatic carbocycles. The van der Waals surface area contributed by atoms with Crippen molar-refractivity contribution in [3.05, 3.63) is 45.4 Å². The molecule has 0 aliphatic heterocycles. The molecule has 6 heteroatoms. The molecule has 0 bridgehead atoms. The van der Waals surface area contributed by atoms with E-state index in [1.807, 2.05) is 32.0 Å². The topological polar surface area (TPSA) is 67.0 Å². The van der Waals surface area contributed by atoms with Crippen LogP contribution in [-0.4, -0.2) is 23.0 Å². The number of aromatic nitrogens is 2. The number of ether oxygens (including phenoxy) is 1. The van der Waals surface area contributed by atoms with E-state index in [2.05, 4.69) is 31.2 Å². The number of halogens is 1. The number of benzene rings is 1. The normalized spacial score (nSPS) is 10.4. The second-order valence-electron chi connectivity index (χ2n) is 4.48. The van der Waals surface area contributed by atoms with Gasteiger partial charge in [-0.15, -0.1) is 0 Å². The first-order valence-corrected chi connectivity index (χ1v) is 6.93. The number of carbonyl (C=O) groups excluding carboxylic acids is 1. The Morgan fingerprint density at radius 1 is 1.40 bits per heavy atom. The van der Waals surface area contributed by atoms with Gasteiger partial charge in [-0.05, 0) is 37.6 Å². The predicted molar refractivity (Wildman–Crippen MR) is 79.9 cm³/mol. The highest BCUT2D eigenvalue weighted by Crippen LogP contribution is 2.21. The third-order valence-electron chi connectivity index (χ3n) is 2.84. The molecule has 0 fully saturated rings. The summed E-state index contributed by atoms with van der Waals surface area (Å²) in [6.07, 6.45) is 0. The summed E-state index contributed by atoms with van der Waals surface area (Å²) in [7, 11) is 1.61. The number of carbonyl (C=O) groups is 1. The highest BCUT2D eigenvalue weighted by atomic mass is 79.9. The third-order valence-corrected chi connectivity index (χ3v) is 3.30. The van der Waals surface area contributed by atoms with Crippen LogP contribution >= 0.6 is 15.9 Å². The van der Waals surface area contributed by atoms with Crippen LogP contribution in [0.5, 0.6) is 5.75 Å². The molecule has 1 heterocycles. The van der Waals surface area contributed by atoms with Gasteiger partial charge in [0.15, 0.2) is 0 Å². The number of aryl methyl sites for hydroxylation is 2. The number of nitrogens with zero attached hydrogens (tertiary/aromatic N) is 1. The van der Waals surface area contributed by atoms with E-state index in [9.17, 15) is 4.79 Å². The van der Waals surface area contributed by atoms with Gasteiger partial charge in [0.25, 0.3) is 5.91 Å². The van der Waals surface area contributed by atoms with Gasteiger partial charge >= 0.3 is 0 Å². The number of aromatic amines is 1. The van der Waals surface area contributed by atoms with Crippen molar-refractivity contribution < 1.29 is 9.53 Å². The number of imidazole rings is 1. The second-order valence-corrected chi connectivity index (χ2v) is 5.39. The molecule has 106 valence electrons. The monoisotopic (exact) mass is 337 g/mol. The van der Waals surface area contributed by atoms with E-state index in [0.717, 1.165) is 27.3 Å². The average Bonchev–Trinajstić information content (AvgIpc) is 2.74. The maximum atomic E-state index is 12.1. The minimum Gasteiger partial charge on any atom is -0.497 e. The molecule has 2 aromatic rings. The fourth-order valence-corrected chi connectivity index (χ4v) is 2.46. The van der Waals surface area contributed by atoms with E-state index in [0.29, 0.717) is 12.2 Å². The highest BCUT2D eigenvalue weighted by Gasteiger charge is 2.13. The fraction of sp³-hybridized carbons (Fsp3) is 0.286. The van der Waals surface area contributed by atoms with Crippen molar-refractivity contribution in [2.24, 2.45) is 0 Å². The first-order valence-electron chi connectivity index (χ1n) is 6.14. The van der Waals surface area contributed by atoms with Crippen molar-refractivity contribution in [1.82, 2.24) is 15.3 Å². The number of rotatable bonds is 4. The lowest BCUT2D eigenvalue weighted by atomic mass is 10.2. The van der Waals surface area contributed by atoms with Gasteiger partial charge in [-0.2, -0.15) is 0 Å². The van der Waals surface area contributed by atoms with Crippen molar-refractivity contribution in [3.63, 3.8) is 0 Å². The Morgan fingerprint density at radius 3 is 2.75 bits per heavy atom. The van der Waals surface area contributed by atoms with E-state index < -0.39 is 0 Å². The molecule has 0 saturated heterocycles. The molecule has 1 aromatic carbocycles. The van der Waals surface area contributed by atoms with Crippen LogP contribution < -0.4 is 10.1 Å². The lowest BCUT2D eigenvalue weighted by Gasteiger charge is -2.07. The Hall–Kier alpha value is -1.82. The summed E-state index contributed by atoms with van der Waals surface area (Å²) in [5, 5.41) is 2.85. The Balaban J connectivity index is 2.07. The summed E-state index contributed by atoms with van der Waals surface area (Å²) in [5.41, 5.74) is 2.16. The molecule has 0 unspecified atom stereocenters. The predicted octanol–water partition coefficient (Wildman–Crippen LogP) is 2.73. The summed E-state index contributed by atoms with van der Waals surface area (Å²) in [6.45, 7) is 4.07. The molecule has 1 aromatic heterocycles. The summed E-state index contributed by atoms with van der Waals surface area (Å²) in [4.78, 5) is 19.2. The minimum atomic E-state index is -0.189. The molecule has 0 saturated carbocycles. The first kappa shape index (κ1) is 14.6. The molecule has 2 rings (SSSR count). The zero-order valence-electron chi connectivity index (χ0n) is 11.6. The molecular weight excluding hydrogens is 322 g/mol. The molecular formula is C14H16BrN3O2. The van der Waals surface area contributed by atoms with Gasteiger partial charge in [0.2, 0.25) is 0 Å². The Bertz CT molecular complexity index is 637. The maximum absolute atomic E-state index is 12.1. The Labute approximate surface area is 125 Å². The summed E-state index contributed by atoms with van der Waals surface area (Å²) >= 11 is 3.41. The van der Waals surface area contributed by atoms with Crippen LogP contribution in [0.3, 0.4) is 0 Å². The van der Waals surface area contributed by atoms with Gasteiger partial charge < -0.3 is 15.0 Å². The number of amides is 1. The zero-order valence-corrected chi connectivity index (χ0v) is 13.2. The van der Waals surface area contributed by atoms with Crippen molar-refractivity contribution >= 4 is 21.8 Å². The largest absolute Gasteiger partial charge is 0.497 e. The number of hydrogen-bond acceptors (Lipinski definition) is 3. The standard InChI is InChI=1S/C14H16BrN3O2/c1-8-13(18-9(2)17-8)14(19)16-7-10-4-11(15)6-12(5-10)20-3/h4-6H,7H2,1-3H3,(H,16,19)(H,17,18). The van der Waals surface area contributed by atoms with Crippen LogP contribution in [-0.2, 0) is 6.54 Å². The van der Waals surface area contributed by atoms with Crippen LogP contribution in [0.25, 0.3) is 0 Å². The van der Waals surface area contributed by atoms with Crippen molar-refractivity contribution in [1.29, 1.82) is 0 Å². The summed E-state index contributed by atoms with van der Waals surface area (Å²) in [5.74, 6) is 1.29. The van der Waals surface area contributed by atoms with E-state index >= 15 is 0 Å². The smallest absolute Gasteiger partial charge is 0.272 e. The maximum Gasteiger partial charge on any atom is 0.272 e. The fourth-order valence-electron chi connectivity index (χ4n) is 1.94. The lowest BCUT2D eigenvalue weighted by molar-refractivity contribution is 0.0945. The first-order chi connectivity index (χ1) is 9.49. The van der Waals surface area contributed by atoms with E-state index in [1.165, 1.54) is 0 Å². The van der Waals surface area contributed by atoms with Crippen LogP contribution in [0.4, 0.5) is 0 Å². The van der Waals surface area contributed by atoms with Gasteiger partial charge in [-0.3, -0.25) is 4.79 Å². The van der Waals surface area contributed by atoms with Gasteiger partial charge in [-0.25, -0.2) is 4.98 Å². The van der Waals surface area contributed by atoms with Crippen LogP contribution in [0.2, 0.25) is 0 Å². The van der Waals surface area contributed by atoms with Gasteiger partial charge in [0.05, 0.1) is 7.11 Å². The lowest BCUT2D eigenvalue weighted by Crippen LogP contribution is -2.24. The van der Waals surface area contributed by atoms with Crippen LogP contribution in [0.15, 0.2) is 22.7 Å². The molecule has 0 aliphatic rings. The van der Waals surface area contributed by atoms with Crippen LogP contribution in [0.1, 0.15) is 27.6 Å². The molecule has 2 N–H and O–H groups in total. The number of nitrogens with one attached hydrogen (secondary N) is 2. The van der Waals surface area contributed by atoms with Gasteiger partial charge in [0.1, 0.15) is 17.3 Å². The van der Waals surface area contributed by atoms with Gasteiger partial charge in [-0.1, -0.05) is 15.9 Å². The van der Waals surface area contributed by atoms with Crippen molar-refractivity contribution in [2.75, 3.05) is 7.11 Å². The van der Waals surface area contributed by atoms with E-state index in [1.54, 1.807) is 7.11 Å². The molecule has 20 heavy (non-hydrogen) atoms. The zero-order chi connectivity index (χ0) is 14.7. The van der Waals surface area contributed by atoms with E-state index in [4.69, 9.17) is 4.74 Å².